The molecule has 2 aliphatic rings. The predicted molar refractivity (Wildman–Crippen MR) is 60.2 cm³/mol. The molecule has 0 spiro atoms. The van der Waals surface area contributed by atoms with E-state index < -0.39 is 0 Å². The minimum atomic E-state index is 0.484. The van der Waals surface area contributed by atoms with Crippen molar-refractivity contribution >= 4 is 0 Å². The van der Waals surface area contributed by atoms with E-state index in [0.717, 1.165) is 18.1 Å². The summed E-state index contributed by atoms with van der Waals surface area (Å²) in [5.41, 5.74) is 6.07. The van der Waals surface area contributed by atoms with Gasteiger partial charge in [0.15, 0.2) is 0 Å². The first-order valence-corrected chi connectivity index (χ1v) is 6.25. The summed E-state index contributed by atoms with van der Waals surface area (Å²) < 4.78 is 0. The van der Waals surface area contributed by atoms with Gasteiger partial charge < -0.3 is 5.73 Å². The van der Waals surface area contributed by atoms with E-state index in [9.17, 15) is 0 Å². The van der Waals surface area contributed by atoms with E-state index >= 15 is 0 Å². The van der Waals surface area contributed by atoms with Crippen LogP contribution >= 0.6 is 0 Å². The Hall–Kier alpha value is -0.0800. The number of hydrogen-bond acceptors (Lipinski definition) is 2. The second-order valence-corrected chi connectivity index (χ2v) is 5.20. The molecule has 2 rings (SSSR count). The second-order valence-electron chi connectivity index (χ2n) is 5.20. The van der Waals surface area contributed by atoms with E-state index in [4.69, 9.17) is 5.73 Å². The van der Waals surface area contributed by atoms with Crippen molar-refractivity contribution in [3.05, 3.63) is 0 Å². The van der Waals surface area contributed by atoms with Crippen LogP contribution in [-0.4, -0.2) is 29.1 Å². The zero-order valence-corrected chi connectivity index (χ0v) is 9.58. The van der Waals surface area contributed by atoms with E-state index in [1.54, 1.807) is 0 Å². The van der Waals surface area contributed by atoms with Crippen molar-refractivity contribution in [2.75, 3.05) is 0 Å². The third-order valence-corrected chi connectivity index (χ3v) is 4.04. The van der Waals surface area contributed by atoms with Crippen LogP contribution in [0.1, 0.15) is 52.4 Å². The highest BCUT2D eigenvalue weighted by atomic mass is 15.2. The summed E-state index contributed by atoms with van der Waals surface area (Å²) in [5.74, 6) is 0. The minimum absolute atomic E-state index is 0.484. The van der Waals surface area contributed by atoms with E-state index in [2.05, 4.69) is 18.7 Å². The average Bonchev–Trinajstić information content (AvgIpc) is 2.39. The molecular formula is C12H24N2. The van der Waals surface area contributed by atoms with E-state index in [1.807, 2.05) is 0 Å². The number of rotatable bonds is 3. The summed E-state index contributed by atoms with van der Waals surface area (Å²) >= 11 is 0. The Kier molecular flexibility index (Phi) is 3.13. The molecule has 3 unspecified atom stereocenters. The fourth-order valence-corrected chi connectivity index (χ4v) is 3.54. The molecule has 0 aliphatic carbocycles. The smallest absolute Gasteiger partial charge is 0.0116 e. The van der Waals surface area contributed by atoms with Crippen LogP contribution in [0.4, 0.5) is 0 Å². The zero-order chi connectivity index (χ0) is 10.1. The number of nitrogens with two attached hydrogens (primary N) is 1. The molecule has 2 heteroatoms. The van der Waals surface area contributed by atoms with Crippen LogP contribution in [0, 0.1) is 0 Å². The summed E-state index contributed by atoms with van der Waals surface area (Å²) in [5, 5.41) is 0. The molecule has 2 N–H and O–H groups in total. The topological polar surface area (TPSA) is 29.3 Å². The minimum Gasteiger partial charge on any atom is -0.328 e. The highest BCUT2D eigenvalue weighted by molar-refractivity contribution is 4.98. The Morgan fingerprint density at radius 1 is 1.29 bits per heavy atom. The third-order valence-electron chi connectivity index (χ3n) is 4.04. The van der Waals surface area contributed by atoms with Gasteiger partial charge in [0.1, 0.15) is 0 Å². The van der Waals surface area contributed by atoms with Crippen molar-refractivity contribution in [2.45, 2.75) is 76.5 Å². The zero-order valence-electron chi connectivity index (χ0n) is 9.58. The highest BCUT2D eigenvalue weighted by Crippen LogP contribution is 2.37. The lowest BCUT2D eigenvalue weighted by Crippen LogP contribution is -2.51. The largest absolute Gasteiger partial charge is 0.328 e. The monoisotopic (exact) mass is 196 g/mol. The van der Waals surface area contributed by atoms with E-state index in [0.29, 0.717) is 6.04 Å². The first-order valence-electron chi connectivity index (χ1n) is 6.25. The van der Waals surface area contributed by atoms with Crippen LogP contribution < -0.4 is 5.73 Å². The Morgan fingerprint density at radius 3 is 2.36 bits per heavy atom. The molecule has 0 aromatic heterocycles. The standard InChI is InChI=1S/C12H24N2/c1-3-4-9(2)14-11-5-6-12(14)8-10(13)7-11/h9-12H,3-8,13H2,1-2H3. The number of hydrogen-bond donors (Lipinski definition) is 1. The van der Waals surface area contributed by atoms with Crippen molar-refractivity contribution in [1.82, 2.24) is 4.90 Å². The van der Waals surface area contributed by atoms with Gasteiger partial charge in [-0.15, -0.1) is 0 Å². The summed E-state index contributed by atoms with van der Waals surface area (Å²) in [7, 11) is 0. The summed E-state index contributed by atoms with van der Waals surface area (Å²) in [6.07, 6.45) is 7.93. The van der Waals surface area contributed by atoms with Gasteiger partial charge in [0, 0.05) is 24.2 Å². The number of nitrogens with zero attached hydrogens (tertiary/aromatic N) is 1. The molecule has 2 aliphatic heterocycles. The molecule has 2 heterocycles. The molecule has 0 saturated carbocycles. The molecule has 0 amide bonds. The number of fused-ring (bicyclic) bond motifs is 2. The molecule has 2 nitrogen and oxygen atoms in total. The molecule has 2 bridgehead atoms. The predicted octanol–water partition coefficient (Wildman–Crippen LogP) is 2.13. The van der Waals surface area contributed by atoms with Gasteiger partial charge in [0.05, 0.1) is 0 Å². The first-order chi connectivity index (χ1) is 6.72. The lowest BCUT2D eigenvalue weighted by Gasteiger charge is -2.41. The fraction of sp³-hybridized carbons (Fsp3) is 1.00. The van der Waals surface area contributed by atoms with Crippen molar-refractivity contribution in [1.29, 1.82) is 0 Å². The lowest BCUT2D eigenvalue weighted by atomic mass is 9.95. The van der Waals surface area contributed by atoms with Gasteiger partial charge in [-0.25, -0.2) is 0 Å². The quantitative estimate of drug-likeness (QED) is 0.749. The van der Waals surface area contributed by atoms with E-state index in [-0.39, 0.29) is 0 Å². The maximum atomic E-state index is 6.07. The summed E-state index contributed by atoms with van der Waals surface area (Å²) in [4.78, 5) is 2.77. The summed E-state index contributed by atoms with van der Waals surface area (Å²) in [6, 6.07) is 2.89. The number of piperidine rings is 1. The van der Waals surface area contributed by atoms with Gasteiger partial charge in [-0.3, -0.25) is 4.90 Å². The molecule has 0 aromatic carbocycles. The van der Waals surface area contributed by atoms with Gasteiger partial charge in [-0.2, -0.15) is 0 Å². The van der Waals surface area contributed by atoms with Crippen LogP contribution in [0.15, 0.2) is 0 Å². The third kappa shape index (κ3) is 1.82. The van der Waals surface area contributed by atoms with Crippen molar-refractivity contribution < 1.29 is 0 Å². The fourth-order valence-electron chi connectivity index (χ4n) is 3.54. The van der Waals surface area contributed by atoms with Gasteiger partial charge >= 0.3 is 0 Å². The highest BCUT2D eigenvalue weighted by Gasteiger charge is 2.41. The molecule has 0 aromatic rings. The van der Waals surface area contributed by atoms with Crippen LogP contribution in [0.25, 0.3) is 0 Å². The average molecular weight is 196 g/mol. The Morgan fingerprint density at radius 2 is 1.86 bits per heavy atom. The maximum absolute atomic E-state index is 6.07. The van der Waals surface area contributed by atoms with Gasteiger partial charge in [0.25, 0.3) is 0 Å². The Labute approximate surface area is 87.8 Å². The first kappa shape index (κ1) is 10.4. The molecule has 3 atom stereocenters. The Balaban J connectivity index is 1.99. The van der Waals surface area contributed by atoms with Crippen molar-refractivity contribution in [3.8, 4) is 0 Å². The van der Waals surface area contributed by atoms with Crippen LogP contribution in [0.5, 0.6) is 0 Å². The molecule has 14 heavy (non-hydrogen) atoms. The van der Waals surface area contributed by atoms with Gasteiger partial charge in [-0.1, -0.05) is 13.3 Å². The van der Waals surface area contributed by atoms with Crippen LogP contribution in [-0.2, 0) is 0 Å². The Bertz CT molecular complexity index is 179. The van der Waals surface area contributed by atoms with Crippen LogP contribution in [0.3, 0.4) is 0 Å². The van der Waals surface area contributed by atoms with Crippen LogP contribution in [0.2, 0.25) is 0 Å². The van der Waals surface area contributed by atoms with Crippen molar-refractivity contribution in [3.63, 3.8) is 0 Å². The SMILES string of the molecule is CCCC(C)N1C2CCC1CC(N)C2. The van der Waals surface area contributed by atoms with Gasteiger partial charge in [-0.05, 0) is 39.0 Å². The molecule has 82 valence electrons. The van der Waals surface area contributed by atoms with Crippen molar-refractivity contribution in [2.24, 2.45) is 5.73 Å². The second kappa shape index (κ2) is 4.19. The molecular weight excluding hydrogens is 172 g/mol. The van der Waals surface area contributed by atoms with Gasteiger partial charge in [0.2, 0.25) is 0 Å². The normalized spacial score (nSPS) is 40.1. The molecule has 2 saturated heterocycles. The molecule has 0 radical (unpaired) electrons. The summed E-state index contributed by atoms with van der Waals surface area (Å²) in [6.45, 7) is 4.68. The maximum Gasteiger partial charge on any atom is 0.0116 e. The lowest BCUT2D eigenvalue weighted by molar-refractivity contribution is 0.0809. The molecule has 2 fully saturated rings. The van der Waals surface area contributed by atoms with E-state index in [1.165, 1.54) is 38.5 Å².